The zero-order chi connectivity index (χ0) is 26.9. The van der Waals surface area contributed by atoms with Gasteiger partial charge in [-0.1, -0.05) is 6.07 Å². The number of aliphatic hydroxyl groups is 1. The Kier molecular flexibility index (Phi) is 6.88. The van der Waals surface area contributed by atoms with Gasteiger partial charge in [-0.25, -0.2) is 19.9 Å². The van der Waals surface area contributed by atoms with Crippen molar-refractivity contribution >= 4 is 28.9 Å². The Morgan fingerprint density at radius 3 is 2.66 bits per heavy atom. The number of aryl methyl sites for hydroxylation is 1. The maximum Gasteiger partial charge on any atom is 0.433 e. The predicted octanol–water partition coefficient (Wildman–Crippen LogP) is 4.95. The Morgan fingerprint density at radius 1 is 1.16 bits per heavy atom. The molecule has 9 nitrogen and oxygen atoms in total. The lowest BCUT2D eigenvalue weighted by Gasteiger charge is -2.34. The van der Waals surface area contributed by atoms with E-state index in [1.807, 2.05) is 13.0 Å². The second-order valence-electron chi connectivity index (χ2n) is 9.22. The number of carbonyl (C=O) groups excluding carboxylic acids is 1. The monoisotopic (exact) mass is 543 g/mol. The molecular formula is C25H24F3N7O2S. The van der Waals surface area contributed by atoms with Crippen LogP contribution in [0.5, 0.6) is 0 Å². The van der Waals surface area contributed by atoms with E-state index in [9.17, 15) is 23.1 Å². The number of thiazole rings is 1. The first-order valence-electron chi connectivity index (χ1n) is 11.9. The number of benzene rings is 1. The summed E-state index contributed by atoms with van der Waals surface area (Å²) < 4.78 is 39.0. The van der Waals surface area contributed by atoms with Crippen molar-refractivity contribution in [1.29, 1.82) is 0 Å². The van der Waals surface area contributed by atoms with E-state index in [4.69, 9.17) is 0 Å². The summed E-state index contributed by atoms with van der Waals surface area (Å²) in [5, 5.41) is 17.7. The molecule has 1 saturated carbocycles. The number of nitrogens with one attached hydrogen (secondary N) is 3. The molecule has 1 aliphatic carbocycles. The third kappa shape index (κ3) is 5.68. The first-order valence-corrected chi connectivity index (χ1v) is 12.7. The van der Waals surface area contributed by atoms with Crippen LogP contribution in [-0.4, -0.2) is 42.0 Å². The maximum absolute atomic E-state index is 13.0. The third-order valence-electron chi connectivity index (χ3n) is 6.33. The van der Waals surface area contributed by atoms with Crippen molar-refractivity contribution in [2.45, 2.75) is 50.4 Å². The Morgan fingerprint density at radius 2 is 1.95 bits per heavy atom. The molecule has 3 heterocycles. The Balaban J connectivity index is 1.28. The van der Waals surface area contributed by atoms with Gasteiger partial charge in [0.15, 0.2) is 5.82 Å². The molecule has 1 fully saturated rings. The number of imidazole rings is 1. The lowest BCUT2D eigenvalue weighted by Crippen LogP contribution is -2.42. The van der Waals surface area contributed by atoms with Gasteiger partial charge in [0.2, 0.25) is 5.95 Å². The van der Waals surface area contributed by atoms with Crippen LogP contribution in [0, 0.1) is 6.92 Å². The zero-order valence-corrected chi connectivity index (χ0v) is 21.0. The number of nitrogens with zero attached hydrogens (tertiary/aromatic N) is 4. The molecular weight excluding hydrogens is 519 g/mol. The summed E-state index contributed by atoms with van der Waals surface area (Å²) in [7, 11) is 0. The first kappa shape index (κ1) is 25.8. The van der Waals surface area contributed by atoms with E-state index < -0.39 is 17.5 Å². The molecule has 38 heavy (non-hydrogen) atoms. The van der Waals surface area contributed by atoms with Gasteiger partial charge in [0.05, 0.1) is 4.88 Å². The fourth-order valence-corrected chi connectivity index (χ4v) is 5.47. The van der Waals surface area contributed by atoms with Crippen LogP contribution in [0.3, 0.4) is 0 Å². The summed E-state index contributed by atoms with van der Waals surface area (Å²) in [6, 6.07) is 6.23. The van der Waals surface area contributed by atoms with Gasteiger partial charge < -0.3 is 20.7 Å². The number of halogens is 3. The SMILES string of the molecule is Cc1cc(Nc2nccc(C(F)(F)F)n2)cc(-c2cnc([C@]3(O)CC[C@H](NC(=O)c4ncc[nH]4)CC3)s2)c1. The summed E-state index contributed by atoms with van der Waals surface area (Å²) in [4.78, 5) is 31.7. The Hall–Kier alpha value is -3.84. The van der Waals surface area contributed by atoms with E-state index in [2.05, 4.69) is 35.6 Å². The van der Waals surface area contributed by atoms with Crippen LogP contribution in [0.15, 0.2) is 49.1 Å². The number of anilines is 2. The highest BCUT2D eigenvalue weighted by molar-refractivity contribution is 7.15. The van der Waals surface area contributed by atoms with Crippen molar-refractivity contribution < 1.29 is 23.1 Å². The van der Waals surface area contributed by atoms with E-state index in [0.717, 1.165) is 28.3 Å². The van der Waals surface area contributed by atoms with Gasteiger partial charge >= 0.3 is 6.18 Å². The topological polar surface area (TPSA) is 129 Å². The minimum absolute atomic E-state index is 0.0734. The van der Waals surface area contributed by atoms with Crippen LogP contribution in [0.4, 0.5) is 24.8 Å². The number of amides is 1. The van der Waals surface area contributed by atoms with Crippen LogP contribution in [0.1, 0.15) is 52.6 Å². The third-order valence-corrected chi connectivity index (χ3v) is 7.57. The van der Waals surface area contributed by atoms with Gasteiger partial charge in [0, 0.05) is 36.5 Å². The second-order valence-corrected chi connectivity index (χ2v) is 10.3. The van der Waals surface area contributed by atoms with Gasteiger partial charge in [0.1, 0.15) is 16.3 Å². The molecule has 1 aliphatic rings. The number of H-pyrrole nitrogens is 1. The van der Waals surface area contributed by atoms with E-state index >= 15 is 0 Å². The summed E-state index contributed by atoms with van der Waals surface area (Å²) >= 11 is 1.36. The van der Waals surface area contributed by atoms with Gasteiger partial charge in [-0.3, -0.25) is 4.79 Å². The molecule has 0 saturated heterocycles. The lowest BCUT2D eigenvalue weighted by molar-refractivity contribution is -0.141. The van der Waals surface area contributed by atoms with Crippen molar-refractivity contribution in [3.63, 3.8) is 0 Å². The van der Waals surface area contributed by atoms with E-state index in [1.54, 1.807) is 24.5 Å². The summed E-state index contributed by atoms with van der Waals surface area (Å²) in [5.41, 5.74) is 0.0648. The number of aromatic amines is 1. The molecule has 0 radical (unpaired) electrons. The molecule has 0 unspecified atom stereocenters. The highest BCUT2D eigenvalue weighted by atomic mass is 32.1. The number of aromatic nitrogens is 5. The average Bonchev–Trinajstić information content (AvgIpc) is 3.58. The van der Waals surface area contributed by atoms with Crippen LogP contribution >= 0.6 is 11.3 Å². The van der Waals surface area contributed by atoms with Crippen LogP contribution in [0.25, 0.3) is 10.4 Å². The molecule has 1 amide bonds. The summed E-state index contributed by atoms with van der Waals surface area (Å²) in [5.74, 6) is -0.185. The van der Waals surface area contributed by atoms with Crippen molar-refractivity contribution in [2.75, 3.05) is 5.32 Å². The van der Waals surface area contributed by atoms with E-state index in [0.29, 0.717) is 36.4 Å². The van der Waals surface area contributed by atoms with E-state index in [1.165, 1.54) is 17.5 Å². The normalized spacial score (nSPS) is 19.8. The van der Waals surface area contributed by atoms with Gasteiger partial charge in [0.25, 0.3) is 5.91 Å². The van der Waals surface area contributed by atoms with Crippen LogP contribution in [0.2, 0.25) is 0 Å². The average molecular weight is 544 g/mol. The number of rotatable bonds is 6. The quantitative estimate of drug-likeness (QED) is 0.271. The molecule has 1 aromatic carbocycles. The van der Waals surface area contributed by atoms with Crippen LogP contribution in [-0.2, 0) is 11.8 Å². The highest BCUT2D eigenvalue weighted by Gasteiger charge is 2.38. The minimum atomic E-state index is -4.57. The van der Waals surface area contributed by atoms with Crippen molar-refractivity contribution in [2.24, 2.45) is 0 Å². The summed E-state index contributed by atoms with van der Waals surface area (Å²) in [6.45, 7) is 1.87. The van der Waals surface area contributed by atoms with Gasteiger partial charge in [-0.05, 0) is 61.9 Å². The first-order chi connectivity index (χ1) is 18.1. The molecule has 0 spiro atoms. The zero-order valence-electron chi connectivity index (χ0n) is 20.2. The van der Waals surface area contributed by atoms with Crippen molar-refractivity contribution in [3.05, 3.63) is 71.1 Å². The number of alkyl halides is 3. The molecule has 0 bridgehead atoms. The highest BCUT2D eigenvalue weighted by Crippen LogP contribution is 2.41. The standard InChI is InChI=1S/C25H24F3N7O2S/c1-14-10-15(12-17(11-14)34-23-31-7-4-19(35-23)25(26,27)28)18-13-32-22(38-18)24(37)5-2-16(3-6-24)33-21(36)20-29-8-9-30-20/h4,7-13,16,37H,2-3,5-6H2,1H3,(H,29,30)(H,33,36)(H,31,34,35)/t16-,24-. The minimum Gasteiger partial charge on any atom is -0.383 e. The number of hydrogen-bond donors (Lipinski definition) is 4. The van der Waals surface area contributed by atoms with Crippen molar-refractivity contribution in [1.82, 2.24) is 30.2 Å². The van der Waals surface area contributed by atoms with Gasteiger partial charge in [-0.15, -0.1) is 11.3 Å². The molecule has 0 aliphatic heterocycles. The molecule has 0 atom stereocenters. The maximum atomic E-state index is 13.0. The fourth-order valence-electron chi connectivity index (χ4n) is 4.42. The Labute approximate surface area is 219 Å². The molecule has 5 rings (SSSR count). The molecule has 4 aromatic rings. The lowest BCUT2D eigenvalue weighted by atomic mass is 9.82. The molecule has 3 aromatic heterocycles. The van der Waals surface area contributed by atoms with Crippen LogP contribution < -0.4 is 10.6 Å². The van der Waals surface area contributed by atoms with E-state index in [-0.39, 0.29) is 23.7 Å². The Bertz CT molecular complexity index is 1430. The van der Waals surface area contributed by atoms with Crippen molar-refractivity contribution in [3.8, 4) is 10.4 Å². The number of carbonyl (C=O) groups is 1. The molecule has 13 heteroatoms. The fraction of sp³-hybridized carbons (Fsp3) is 0.320. The molecule has 4 N–H and O–H groups in total. The smallest absolute Gasteiger partial charge is 0.383 e. The summed E-state index contributed by atoms with van der Waals surface area (Å²) in [6.07, 6.45) is 3.33. The predicted molar refractivity (Wildman–Crippen MR) is 135 cm³/mol. The second kappa shape index (κ2) is 10.1. The van der Waals surface area contributed by atoms with Gasteiger partial charge in [-0.2, -0.15) is 13.2 Å². The largest absolute Gasteiger partial charge is 0.433 e. The molecule has 198 valence electrons. The number of hydrogen-bond acceptors (Lipinski definition) is 8.